The van der Waals surface area contributed by atoms with E-state index in [0.717, 1.165) is 0 Å². The van der Waals surface area contributed by atoms with Crippen molar-refractivity contribution < 1.29 is 9.13 Å². The fourth-order valence-corrected chi connectivity index (χ4v) is 1.44. The summed E-state index contributed by atoms with van der Waals surface area (Å²) in [4.78, 5) is 3.91. The second-order valence-electron chi connectivity index (χ2n) is 3.45. The monoisotopic (exact) mass is 265 g/mol. The maximum atomic E-state index is 13.6. The van der Waals surface area contributed by atoms with Crippen LogP contribution in [-0.4, -0.2) is 10.8 Å². The number of amidine groups is 1. The molecule has 0 radical (unpaired) electrons. The van der Waals surface area contributed by atoms with Gasteiger partial charge in [-0.15, -0.1) is 0 Å². The topological polar surface area (TPSA) is 72.0 Å². The molecule has 2 aromatic rings. The molecular weight excluding hydrogens is 257 g/mol. The van der Waals surface area contributed by atoms with Gasteiger partial charge < -0.3 is 10.5 Å². The van der Waals surface area contributed by atoms with Crippen molar-refractivity contribution in [1.82, 2.24) is 4.98 Å². The number of ether oxygens (including phenoxy) is 1. The highest BCUT2D eigenvalue weighted by atomic mass is 35.5. The first-order chi connectivity index (χ1) is 8.58. The number of hydrogen-bond donors (Lipinski definition) is 2. The lowest BCUT2D eigenvalue weighted by atomic mass is 10.3. The highest BCUT2D eigenvalue weighted by Crippen LogP contribution is 2.27. The zero-order valence-electron chi connectivity index (χ0n) is 9.15. The smallest absolute Gasteiger partial charge is 0.219 e. The zero-order chi connectivity index (χ0) is 13.1. The van der Waals surface area contributed by atoms with Crippen molar-refractivity contribution in [3.8, 4) is 11.6 Å². The Labute approximate surface area is 108 Å². The molecule has 3 N–H and O–H groups in total. The molecule has 0 fully saturated rings. The van der Waals surface area contributed by atoms with Gasteiger partial charge in [-0.2, -0.15) is 0 Å². The first kappa shape index (κ1) is 12.3. The van der Waals surface area contributed by atoms with E-state index in [1.807, 2.05) is 0 Å². The van der Waals surface area contributed by atoms with Crippen molar-refractivity contribution in [3.05, 3.63) is 52.9 Å². The molecule has 0 aliphatic carbocycles. The van der Waals surface area contributed by atoms with Gasteiger partial charge in [0, 0.05) is 17.8 Å². The molecular formula is C12H9ClFN3O. The van der Waals surface area contributed by atoms with Gasteiger partial charge >= 0.3 is 0 Å². The Bertz CT molecular complexity index is 586. The van der Waals surface area contributed by atoms with Crippen molar-refractivity contribution >= 4 is 17.4 Å². The van der Waals surface area contributed by atoms with Crippen LogP contribution >= 0.6 is 11.6 Å². The van der Waals surface area contributed by atoms with E-state index in [4.69, 9.17) is 27.5 Å². The lowest BCUT2D eigenvalue weighted by Crippen LogP contribution is -2.11. The normalized spacial score (nSPS) is 10.1. The van der Waals surface area contributed by atoms with Crippen molar-refractivity contribution in [2.75, 3.05) is 0 Å². The number of nitrogens with two attached hydrogens (primary N) is 1. The maximum absolute atomic E-state index is 13.6. The molecule has 18 heavy (non-hydrogen) atoms. The SMILES string of the molecule is N=C(N)c1ccc(Oc2cccc(Cl)c2F)nc1. The van der Waals surface area contributed by atoms with Crippen LogP contribution in [0.25, 0.3) is 0 Å². The Morgan fingerprint density at radius 1 is 1.33 bits per heavy atom. The van der Waals surface area contributed by atoms with Crippen LogP contribution in [0.15, 0.2) is 36.5 Å². The third kappa shape index (κ3) is 2.57. The van der Waals surface area contributed by atoms with E-state index in [1.165, 1.54) is 24.4 Å². The number of pyridine rings is 1. The van der Waals surface area contributed by atoms with Gasteiger partial charge in [-0.3, -0.25) is 5.41 Å². The van der Waals surface area contributed by atoms with E-state index in [0.29, 0.717) is 5.56 Å². The molecule has 1 aromatic carbocycles. The number of halogens is 2. The van der Waals surface area contributed by atoms with E-state index in [2.05, 4.69) is 4.98 Å². The van der Waals surface area contributed by atoms with Crippen molar-refractivity contribution in [1.29, 1.82) is 5.41 Å². The van der Waals surface area contributed by atoms with Crippen LogP contribution in [0.2, 0.25) is 5.02 Å². The molecule has 1 heterocycles. The number of nitrogen functional groups attached to an aromatic ring is 1. The number of aromatic nitrogens is 1. The largest absolute Gasteiger partial charge is 0.436 e. The fourth-order valence-electron chi connectivity index (χ4n) is 1.28. The molecule has 6 heteroatoms. The molecule has 0 spiro atoms. The highest BCUT2D eigenvalue weighted by Gasteiger charge is 2.09. The number of rotatable bonds is 3. The lowest BCUT2D eigenvalue weighted by molar-refractivity contribution is 0.427. The van der Waals surface area contributed by atoms with E-state index < -0.39 is 5.82 Å². The number of nitrogens with one attached hydrogen (secondary N) is 1. The van der Waals surface area contributed by atoms with Crippen molar-refractivity contribution in [2.45, 2.75) is 0 Å². The molecule has 0 bridgehead atoms. The van der Waals surface area contributed by atoms with Gasteiger partial charge in [0.15, 0.2) is 11.6 Å². The minimum atomic E-state index is -0.642. The van der Waals surface area contributed by atoms with Gasteiger partial charge in [-0.25, -0.2) is 9.37 Å². The maximum Gasteiger partial charge on any atom is 0.219 e. The zero-order valence-corrected chi connectivity index (χ0v) is 9.91. The summed E-state index contributed by atoms with van der Waals surface area (Å²) in [5.41, 5.74) is 5.75. The van der Waals surface area contributed by atoms with Gasteiger partial charge in [-0.05, 0) is 18.2 Å². The van der Waals surface area contributed by atoms with Crippen LogP contribution in [0.4, 0.5) is 4.39 Å². The summed E-state index contributed by atoms with van der Waals surface area (Å²) in [5, 5.41) is 7.19. The minimum Gasteiger partial charge on any atom is -0.436 e. The number of benzene rings is 1. The molecule has 0 atom stereocenters. The minimum absolute atomic E-state index is 0.00873. The van der Waals surface area contributed by atoms with E-state index in [-0.39, 0.29) is 22.5 Å². The van der Waals surface area contributed by atoms with Crippen LogP contribution in [0, 0.1) is 11.2 Å². The third-order valence-corrected chi connectivity index (χ3v) is 2.47. The van der Waals surface area contributed by atoms with E-state index in [9.17, 15) is 4.39 Å². The second-order valence-corrected chi connectivity index (χ2v) is 3.86. The van der Waals surface area contributed by atoms with Crippen LogP contribution in [0.3, 0.4) is 0 Å². The molecule has 92 valence electrons. The summed E-state index contributed by atoms with van der Waals surface area (Å²) in [6.07, 6.45) is 1.38. The first-order valence-electron chi connectivity index (χ1n) is 5.00. The van der Waals surface area contributed by atoms with Gasteiger partial charge in [0.25, 0.3) is 0 Å². The Balaban J connectivity index is 2.24. The van der Waals surface area contributed by atoms with Crippen molar-refractivity contribution in [3.63, 3.8) is 0 Å². The quantitative estimate of drug-likeness (QED) is 0.662. The average molecular weight is 266 g/mol. The fraction of sp³-hybridized carbons (Fsp3) is 0. The standard InChI is InChI=1S/C12H9ClFN3O/c13-8-2-1-3-9(11(8)14)18-10-5-4-7(6-17-10)12(15)16/h1-6H,(H3,15,16). The highest BCUT2D eigenvalue weighted by molar-refractivity contribution is 6.30. The summed E-state index contributed by atoms with van der Waals surface area (Å²) in [6, 6.07) is 7.51. The lowest BCUT2D eigenvalue weighted by Gasteiger charge is -2.06. The molecule has 0 amide bonds. The third-order valence-electron chi connectivity index (χ3n) is 2.18. The van der Waals surface area contributed by atoms with E-state index >= 15 is 0 Å². The molecule has 1 aromatic heterocycles. The van der Waals surface area contributed by atoms with Gasteiger partial charge in [-0.1, -0.05) is 17.7 Å². The Morgan fingerprint density at radius 3 is 2.72 bits per heavy atom. The van der Waals surface area contributed by atoms with Crippen LogP contribution < -0.4 is 10.5 Å². The predicted octanol–water partition coefficient (Wildman–Crippen LogP) is 2.95. The van der Waals surface area contributed by atoms with Crippen LogP contribution in [0.1, 0.15) is 5.56 Å². The number of nitrogens with zero attached hydrogens (tertiary/aromatic N) is 1. The summed E-state index contributed by atoms with van der Waals surface area (Å²) in [7, 11) is 0. The number of hydrogen-bond acceptors (Lipinski definition) is 3. The molecule has 2 rings (SSSR count). The molecule has 0 unspecified atom stereocenters. The van der Waals surface area contributed by atoms with Gasteiger partial charge in [0.05, 0.1) is 5.02 Å². The first-order valence-corrected chi connectivity index (χ1v) is 5.38. The predicted molar refractivity (Wildman–Crippen MR) is 66.7 cm³/mol. The Morgan fingerprint density at radius 2 is 2.11 bits per heavy atom. The van der Waals surface area contributed by atoms with E-state index in [1.54, 1.807) is 12.1 Å². The van der Waals surface area contributed by atoms with Crippen molar-refractivity contribution in [2.24, 2.45) is 5.73 Å². The molecule has 0 saturated carbocycles. The molecule has 0 aliphatic rings. The van der Waals surface area contributed by atoms with Crippen LogP contribution in [0.5, 0.6) is 11.6 Å². The van der Waals surface area contributed by atoms with Gasteiger partial charge in [0.1, 0.15) is 5.84 Å². The molecule has 0 aliphatic heterocycles. The Kier molecular flexibility index (Phi) is 3.43. The summed E-state index contributed by atoms with van der Waals surface area (Å²) >= 11 is 5.63. The summed E-state index contributed by atoms with van der Waals surface area (Å²) < 4.78 is 18.8. The van der Waals surface area contributed by atoms with Crippen LogP contribution in [-0.2, 0) is 0 Å². The average Bonchev–Trinajstić information content (AvgIpc) is 2.36. The second kappa shape index (κ2) is 5.01. The molecule has 4 nitrogen and oxygen atoms in total. The Hall–Kier alpha value is -2.14. The molecule has 0 saturated heterocycles. The summed E-state index contributed by atoms with van der Waals surface area (Å²) in [5.74, 6) is -0.550. The van der Waals surface area contributed by atoms with Gasteiger partial charge in [0.2, 0.25) is 5.88 Å². The summed E-state index contributed by atoms with van der Waals surface area (Å²) in [6.45, 7) is 0.